The average Bonchev–Trinajstić information content (AvgIpc) is 2.95. The molecule has 0 fully saturated rings. The molecule has 0 aliphatic carbocycles. The van der Waals surface area contributed by atoms with Crippen LogP contribution in [-0.2, 0) is 9.53 Å². The minimum Gasteiger partial charge on any atom is -0.467 e. The Balaban J connectivity index is 2.33. The molecule has 6 nitrogen and oxygen atoms in total. The molecule has 2 rings (SSSR count). The molecule has 0 saturated heterocycles. The van der Waals surface area contributed by atoms with Crippen LogP contribution in [0, 0.1) is 13.8 Å². The number of rotatable bonds is 5. The number of nitrogens with zero attached hydrogens (tertiary/aromatic N) is 2. The van der Waals surface area contributed by atoms with Crippen LogP contribution in [0.4, 0.5) is 0 Å². The van der Waals surface area contributed by atoms with E-state index >= 15 is 0 Å². The van der Waals surface area contributed by atoms with Gasteiger partial charge in [-0.05, 0) is 38.8 Å². The average molecular weight is 329 g/mol. The van der Waals surface area contributed by atoms with Gasteiger partial charge in [-0.25, -0.2) is 9.48 Å². The number of aromatic nitrogens is 2. The number of para-hydroxylation sites is 1. The van der Waals surface area contributed by atoms with Gasteiger partial charge >= 0.3 is 5.97 Å². The van der Waals surface area contributed by atoms with Gasteiger partial charge in [-0.3, -0.25) is 4.79 Å². The summed E-state index contributed by atoms with van der Waals surface area (Å²) in [6.07, 6.45) is 1.95. The Kier molecular flexibility index (Phi) is 5.07. The molecule has 1 aromatic carbocycles. The highest BCUT2D eigenvalue weighted by Gasteiger charge is 2.35. The molecule has 1 amide bonds. The van der Waals surface area contributed by atoms with Crippen LogP contribution < -0.4 is 5.32 Å². The molecule has 0 aliphatic heterocycles. The first kappa shape index (κ1) is 17.7. The summed E-state index contributed by atoms with van der Waals surface area (Å²) in [5, 5.41) is 7.09. The zero-order valence-corrected chi connectivity index (χ0v) is 14.7. The van der Waals surface area contributed by atoms with E-state index in [1.54, 1.807) is 11.6 Å². The fraction of sp³-hybridized carbons (Fsp3) is 0.389. The Morgan fingerprint density at radius 1 is 1.29 bits per heavy atom. The van der Waals surface area contributed by atoms with Gasteiger partial charge in [0.1, 0.15) is 5.54 Å². The topological polar surface area (TPSA) is 73.2 Å². The number of carbonyl (C=O) groups is 2. The molecule has 1 heterocycles. The van der Waals surface area contributed by atoms with E-state index in [9.17, 15) is 9.59 Å². The van der Waals surface area contributed by atoms with Crippen LogP contribution in [0.1, 0.15) is 41.9 Å². The van der Waals surface area contributed by atoms with E-state index in [4.69, 9.17) is 4.74 Å². The third-order valence-electron chi connectivity index (χ3n) is 4.33. The van der Waals surface area contributed by atoms with E-state index in [1.165, 1.54) is 13.3 Å². The predicted octanol–water partition coefficient (Wildman–Crippen LogP) is 2.56. The summed E-state index contributed by atoms with van der Waals surface area (Å²) < 4.78 is 6.52. The largest absolute Gasteiger partial charge is 0.467 e. The maximum Gasteiger partial charge on any atom is 0.331 e. The SMILES string of the molecule is CCC(C)(NC(=O)c1cnn(-c2ccccc2C)c1C)C(=O)OC. The zero-order chi connectivity index (χ0) is 17.9. The fourth-order valence-electron chi connectivity index (χ4n) is 2.50. The van der Waals surface area contributed by atoms with Crippen LogP contribution in [0.2, 0.25) is 0 Å². The Morgan fingerprint density at radius 2 is 1.96 bits per heavy atom. The van der Waals surface area contributed by atoms with E-state index in [2.05, 4.69) is 10.4 Å². The van der Waals surface area contributed by atoms with Crippen molar-refractivity contribution in [2.24, 2.45) is 0 Å². The Morgan fingerprint density at radius 3 is 2.54 bits per heavy atom. The lowest BCUT2D eigenvalue weighted by Crippen LogP contribution is -2.52. The van der Waals surface area contributed by atoms with Gasteiger partial charge in [-0.1, -0.05) is 25.1 Å². The number of benzene rings is 1. The van der Waals surface area contributed by atoms with E-state index in [1.807, 2.05) is 45.0 Å². The second-order valence-corrected chi connectivity index (χ2v) is 5.97. The van der Waals surface area contributed by atoms with Crippen LogP contribution in [0.15, 0.2) is 30.5 Å². The van der Waals surface area contributed by atoms with Gasteiger partial charge < -0.3 is 10.1 Å². The van der Waals surface area contributed by atoms with Crippen LogP contribution in [-0.4, -0.2) is 34.3 Å². The van der Waals surface area contributed by atoms with Gasteiger partial charge in [0, 0.05) is 0 Å². The van der Waals surface area contributed by atoms with Crippen molar-refractivity contribution < 1.29 is 14.3 Å². The van der Waals surface area contributed by atoms with Crippen molar-refractivity contribution in [2.45, 2.75) is 39.7 Å². The monoisotopic (exact) mass is 329 g/mol. The molecule has 2 aromatic rings. The molecule has 1 N–H and O–H groups in total. The Bertz CT molecular complexity index is 767. The molecule has 0 saturated carbocycles. The van der Waals surface area contributed by atoms with Crippen LogP contribution in [0.25, 0.3) is 5.69 Å². The first-order valence-corrected chi connectivity index (χ1v) is 7.85. The summed E-state index contributed by atoms with van der Waals surface area (Å²) in [7, 11) is 1.31. The predicted molar refractivity (Wildman–Crippen MR) is 91.2 cm³/mol. The van der Waals surface area contributed by atoms with Crippen molar-refractivity contribution in [2.75, 3.05) is 7.11 Å². The smallest absolute Gasteiger partial charge is 0.331 e. The third kappa shape index (κ3) is 3.18. The summed E-state index contributed by atoms with van der Waals surface area (Å²) in [4.78, 5) is 24.5. The molecule has 128 valence electrons. The molecule has 24 heavy (non-hydrogen) atoms. The molecule has 0 bridgehead atoms. The summed E-state index contributed by atoms with van der Waals surface area (Å²) in [5.41, 5.74) is 2.05. The van der Waals surface area contributed by atoms with E-state index in [0.717, 1.165) is 11.3 Å². The Hall–Kier alpha value is -2.63. The van der Waals surface area contributed by atoms with Crippen molar-refractivity contribution in [3.8, 4) is 5.69 Å². The number of aryl methyl sites for hydroxylation is 1. The van der Waals surface area contributed by atoms with Crippen LogP contribution in [0.3, 0.4) is 0 Å². The quantitative estimate of drug-likeness (QED) is 0.856. The summed E-state index contributed by atoms with van der Waals surface area (Å²) in [6.45, 7) is 7.29. The lowest BCUT2D eigenvalue weighted by atomic mass is 9.98. The maximum atomic E-state index is 12.6. The standard InChI is InChI=1S/C18H23N3O3/c1-6-18(4,17(23)24-5)20-16(22)14-11-19-21(13(14)3)15-10-8-7-9-12(15)2/h7-11H,6H2,1-5H3,(H,20,22). The number of hydrogen-bond acceptors (Lipinski definition) is 4. The second kappa shape index (κ2) is 6.86. The first-order valence-electron chi connectivity index (χ1n) is 7.85. The van der Waals surface area contributed by atoms with Crippen molar-refractivity contribution >= 4 is 11.9 Å². The minimum atomic E-state index is -1.07. The van der Waals surface area contributed by atoms with Crippen LogP contribution >= 0.6 is 0 Å². The number of nitrogens with one attached hydrogen (secondary N) is 1. The summed E-state index contributed by atoms with van der Waals surface area (Å²) in [6, 6.07) is 7.81. The van der Waals surface area contributed by atoms with Gasteiger partial charge in [-0.15, -0.1) is 0 Å². The molecular formula is C18H23N3O3. The number of carbonyl (C=O) groups excluding carboxylic acids is 2. The first-order chi connectivity index (χ1) is 11.3. The number of esters is 1. The van der Waals surface area contributed by atoms with Gasteiger partial charge in [-0.2, -0.15) is 5.10 Å². The zero-order valence-electron chi connectivity index (χ0n) is 14.7. The second-order valence-electron chi connectivity index (χ2n) is 5.97. The van der Waals surface area contributed by atoms with E-state index in [-0.39, 0.29) is 5.91 Å². The fourth-order valence-corrected chi connectivity index (χ4v) is 2.50. The molecule has 1 aromatic heterocycles. The Labute approximate surface area is 141 Å². The number of amides is 1. The lowest BCUT2D eigenvalue weighted by molar-refractivity contribution is -0.147. The molecule has 0 aliphatic rings. The molecule has 0 spiro atoms. The molecule has 6 heteroatoms. The van der Waals surface area contributed by atoms with Gasteiger partial charge in [0.2, 0.25) is 0 Å². The van der Waals surface area contributed by atoms with Crippen molar-refractivity contribution in [1.82, 2.24) is 15.1 Å². The number of methoxy groups -OCH3 is 1. The van der Waals surface area contributed by atoms with Crippen molar-refractivity contribution in [3.05, 3.63) is 47.3 Å². The molecule has 1 atom stereocenters. The number of ether oxygens (including phenoxy) is 1. The van der Waals surface area contributed by atoms with E-state index < -0.39 is 11.5 Å². The maximum absolute atomic E-state index is 12.6. The van der Waals surface area contributed by atoms with Crippen molar-refractivity contribution in [1.29, 1.82) is 0 Å². The third-order valence-corrected chi connectivity index (χ3v) is 4.33. The molecule has 1 unspecified atom stereocenters. The highest BCUT2D eigenvalue weighted by atomic mass is 16.5. The number of hydrogen-bond donors (Lipinski definition) is 1. The highest BCUT2D eigenvalue weighted by molar-refractivity contribution is 5.98. The summed E-state index contributed by atoms with van der Waals surface area (Å²) in [5.74, 6) is -0.815. The molecule has 0 radical (unpaired) electrons. The van der Waals surface area contributed by atoms with Crippen molar-refractivity contribution in [3.63, 3.8) is 0 Å². The minimum absolute atomic E-state index is 0.345. The molecular weight excluding hydrogens is 306 g/mol. The highest BCUT2D eigenvalue weighted by Crippen LogP contribution is 2.19. The van der Waals surface area contributed by atoms with Gasteiger partial charge in [0.25, 0.3) is 5.91 Å². The van der Waals surface area contributed by atoms with E-state index in [0.29, 0.717) is 17.7 Å². The summed E-state index contributed by atoms with van der Waals surface area (Å²) >= 11 is 0. The van der Waals surface area contributed by atoms with Gasteiger partial charge in [0.05, 0.1) is 30.3 Å². The van der Waals surface area contributed by atoms with Crippen LogP contribution in [0.5, 0.6) is 0 Å². The normalized spacial score (nSPS) is 13.2. The lowest BCUT2D eigenvalue weighted by Gasteiger charge is -2.26. The van der Waals surface area contributed by atoms with Gasteiger partial charge in [0.15, 0.2) is 0 Å².